The summed E-state index contributed by atoms with van der Waals surface area (Å²) >= 11 is 11.3. The Kier molecular flexibility index (Phi) is 11.6. The molecule has 0 saturated carbocycles. The molecule has 2 aliphatic heterocycles. The van der Waals surface area contributed by atoms with Crippen molar-refractivity contribution in [1.29, 1.82) is 0 Å². The fourth-order valence-corrected chi connectivity index (χ4v) is 5.58. The molecule has 0 bridgehead atoms. The molecule has 17 heteroatoms. The predicted octanol–water partition coefficient (Wildman–Crippen LogP) is -3.92. The molecule has 1 unspecified atom stereocenters. The summed E-state index contributed by atoms with van der Waals surface area (Å²) in [5.41, 5.74) is 0. The fourth-order valence-electron chi connectivity index (χ4n) is 3.60. The van der Waals surface area contributed by atoms with Gasteiger partial charge in [-0.05, 0) is 0 Å². The number of aliphatic hydroxyl groups excluding tert-OH is 7. The first-order chi connectivity index (χ1) is 15.5. The molecular formula is C16H31Cl2N2O12P. The molecule has 2 rings (SSSR count). The second-order valence-corrected chi connectivity index (χ2v) is 10.2. The molecule has 0 aromatic rings. The number of aliphatic hydroxyl groups is 7. The van der Waals surface area contributed by atoms with E-state index in [0.29, 0.717) is 0 Å². The van der Waals surface area contributed by atoms with Gasteiger partial charge in [-0.1, -0.05) is 0 Å². The van der Waals surface area contributed by atoms with Crippen LogP contribution in [0.3, 0.4) is 0 Å². The fraction of sp³-hybridized carbons (Fsp3) is 1.00. The summed E-state index contributed by atoms with van der Waals surface area (Å²) in [7, 11) is -4.35. The van der Waals surface area contributed by atoms with E-state index in [9.17, 15) is 45.2 Å². The maximum atomic E-state index is 12.7. The van der Waals surface area contributed by atoms with Crippen LogP contribution in [0.4, 0.5) is 0 Å². The Hall–Kier alpha value is 0.290. The Morgan fingerprint density at radius 2 is 1.52 bits per heavy atom. The maximum Gasteiger partial charge on any atom is 0.343 e. The van der Waals surface area contributed by atoms with E-state index in [4.69, 9.17) is 37.4 Å². The lowest BCUT2D eigenvalue weighted by molar-refractivity contribution is -0.346. The van der Waals surface area contributed by atoms with Gasteiger partial charge < -0.3 is 54.8 Å². The zero-order valence-electron chi connectivity index (χ0n) is 17.4. The highest BCUT2D eigenvalue weighted by molar-refractivity contribution is 7.53. The zero-order chi connectivity index (χ0) is 24.9. The van der Waals surface area contributed by atoms with Crippen molar-refractivity contribution in [1.82, 2.24) is 9.76 Å². The first-order valence-electron chi connectivity index (χ1n) is 10.1. The first kappa shape index (κ1) is 29.5. The van der Waals surface area contributed by atoms with Gasteiger partial charge in [0.25, 0.3) is 0 Å². The molecule has 33 heavy (non-hydrogen) atoms. The standard InChI is InChI=1S/C16H31Cl2N2O12P/c17-1-3-19-33(28,29)20(4-2-18)15-12(26)11(25)14(8(6-22)30-15)32-16-13(27)10(24)9(23)7(5-21)31-16/h7-16,21-27H,1-6H2,(H2,19,28,29)/t7-,8-,9-,10+,11-,12-,13-,14-,15+,16+/m1/s1. The SMILES string of the molecule is O=P(O)(NCCCl)N(CCCl)[C@H]1O[C@H](CO)[C@@H](O[C@@H]2O[C@H](CO)[C@@H](O)[C@H](O)[C@H]2O)[C@H](O)[C@H]1O. The minimum absolute atomic E-state index is 0.00421. The summed E-state index contributed by atoms with van der Waals surface area (Å²) < 4.78 is 29.8. The van der Waals surface area contributed by atoms with Gasteiger partial charge in [-0.15, -0.1) is 23.2 Å². The molecule has 2 fully saturated rings. The Balaban J connectivity index is 2.23. The van der Waals surface area contributed by atoms with Gasteiger partial charge in [0.1, 0.15) is 55.1 Å². The summed E-state index contributed by atoms with van der Waals surface area (Å²) in [6.45, 7) is -1.83. The average molecular weight is 545 g/mol. The monoisotopic (exact) mass is 544 g/mol. The highest BCUT2D eigenvalue weighted by atomic mass is 35.5. The molecule has 2 aliphatic rings. The number of rotatable bonds is 11. The van der Waals surface area contributed by atoms with Crippen molar-refractivity contribution in [2.24, 2.45) is 0 Å². The lowest BCUT2D eigenvalue weighted by Crippen LogP contribution is -2.66. The first-order valence-corrected chi connectivity index (χ1v) is 12.8. The van der Waals surface area contributed by atoms with E-state index >= 15 is 0 Å². The summed E-state index contributed by atoms with van der Waals surface area (Å²) in [4.78, 5) is 10.4. The minimum Gasteiger partial charge on any atom is -0.394 e. The largest absolute Gasteiger partial charge is 0.394 e. The van der Waals surface area contributed by atoms with Crippen molar-refractivity contribution in [3.05, 3.63) is 0 Å². The molecule has 0 amide bonds. The van der Waals surface area contributed by atoms with E-state index in [2.05, 4.69) is 5.09 Å². The topological polar surface area (TPSA) is 222 Å². The van der Waals surface area contributed by atoms with Gasteiger partial charge in [-0.3, -0.25) is 4.57 Å². The number of nitrogens with one attached hydrogen (secondary N) is 1. The number of hydrogen-bond acceptors (Lipinski definition) is 11. The summed E-state index contributed by atoms with van der Waals surface area (Å²) in [6, 6.07) is 0. The van der Waals surface area contributed by atoms with Crippen molar-refractivity contribution in [3.8, 4) is 0 Å². The molecule has 2 saturated heterocycles. The highest BCUT2D eigenvalue weighted by Gasteiger charge is 2.53. The third-order valence-electron chi connectivity index (χ3n) is 5.35. The lowest BCUT2D eigenvalue weighted by atomic mass is 9.96. The van der Waals surface area contributed by atoms with Crippen molar-refractivity contribution < 1.29 is 59.4 Å². The van der Waals surface area contributed by atoms with E-state index in [1.54, 1.807) is 0 Å². The third kappa shape index (κ3) is 6.74. The molecule has 0 aromatic carbocycles. The quantitative estimate of drug-likeness (QED) is 0.0895. The van der Waals surface area contributed by atoms with E-state index in [0.717, 1.165) is 4.67 Å². The van der Waals surface area contributed by atoms with Gasteiger partial charge >= 0.3 is 7.67 Å². The van der Waals surface area contributed by atoms with Gasteiger partial charge in [0.2, 0.25) is 0 Å². The molecule has 9 N–H and O–H groups in total. The minimum atomic E-state index is -4.35. The van der Waals surface area contributed by atoms with Crippen molar-refractivity contribution in [3.63, 3.8) is 0 Å². The van der Waals surface area contributed by atoms with Crippen molar-refractivity contribution in [2.45, 2.75) is 61.3 Å². The van der Waals surface area contributed by atoms with E-state index in [1.807, 2.05) is 0 Å². The van der Waals surface area contributed by atoms with Crippen LogP contribution in [0.1, 0.15) is 0 Å². The Morgan fingerprint density at radius 1 is 0.879 bits per heavy atom. The molecule has 196 valence electrons. The average Bonchev–Trinajstić information content (AvgIpc) is 2.79. The third-order valence-corrected chi connectivity index (χ3v) is 7.46. The Morgan fingerprint density at radius 3 is 2.06 bits per heavy atom. The number of hydrogen-bond donors (Lipinski definition) is 9. The lowest BCUT2D eigenvalue weighted by Gasteiger charge is -2.48. The molecule has 11 atom stereocenters. The van der Waals surface area contributed by atoms with Crippen LogP contribution in [0.15, 0.2) is 0 Å². The van der Waals surface area contributed by atoms with Crippen LogP contribution in [-0.2, 0) is 18.8 Å². The zero-order valence-corrected chi connectivity index (χ0v) is 19.8. The van der Waals surface area contributed by atoms with E-state index in [1.165, 1.54) is 0 Å². The van der Waals surface area contributed by atoms with Crippen LogP contribution in [-0.4, -0.2) is 145 Å². The van der Waals surface area contributed by atoms with E-state index in [-0.39, 0.29) is 24.8 Å². The van der Waals surface area contributed by atoms with Crippen molar-refractivity contribution >= 4 is 30.9 Å². The van der Waals surface area contributed by atoms with Gasteiger partial charge in [0.15, 0.2) is 6.29 Å². The second kappa shape index (κ2) is 13.0. The second-order valence-electron chi connectivity index (χ2n) is 7.52. The van der Waals surface area contributed by atoms with Gasteiger partial charge in [-0.2, -0.15) is 4.67 Å². The number of alkyl halides is 2. The number of ether oxygens (including phenoxy) is 3. The number of nitrogens with zero attached hydrogens (tertiary/aromatic N) is 1. The Bertz CT molecular complexity index is 653. The normalized spacial score (nSPS) is 41.8. The Labute approximate surface area is 199 Å². The number of halogens is 2. The predicted molar refractivity (Wildman–Crippen MR) is 112 cm³/mol. The van der Waals surface area contributed by atoms with E-state index < -0.39 is 82.2 Å². The molecule has 0 aliphatic carbocycles. The van der Waals surface area contributed by atoms with Crippen LogP contribution < -0.4 is 5.09 Å². The summed E-state index contributed by atoms with van der Waals surface area (Å²) in [5.74, 6) is -0.144. The van der Waals surface area contributed by atoms with Crippen LogP contribution in [0, 0.1) is 0 Å². The molecule has 0 aromatic heterocycles. The highest BCUT2D eigenvalue weighted by Crippen LogP contribution is 2.45. The molecule has 2 heterocycles. The molecule has 14 nitrogen and oxygen atoms in total. The summed E-state index contributed by atoms with van der Waals surface area (Å²) in [6.07, 6.45) is -16.4. The summed E-state index contributed by atoms with van der Waals surface area (Å²) in [5, 5.41) is 72.7. The molecule has 0 radical (unpaired) electrons. The van der Waals surface area contributed by atoms with Gasteiger partial charge in [-0.25, -0.2) is 5.09 Å². The van der Waals surface area contributed by atoms with Crippen molar-refractivity contribution in [2.75, 3.05) is 38.1 Å². The van der Waals surface area contributed by atoms with Gasteiger partial charge in [0, 0.05) is 24.8 Å². The maximum absolute atomic E-state index is 12.7. The smallest absolute Gasteiger partial charge is 0.343 e. The van der Waals surface area contributed by atoms with Crippen LogP contribution in [0.25, 0.3) is 0 Å². The molecule has 0 spiro atoms. The van der Waals surface area contributed by atoms with Crippen LogP contribution in [0.5, 0.6) is 0 Å². The molecular weight excluding hydrogens is 514 g/mol. The van der Waals surface area contributed by atoms with Crippen LogP contribution in [0.2, 0.25) is 0 Å². The van der Waals surface area contributed by atoms with Crippen LogP contribution >= 0.6 is 30.9 Å². The van der Waals surface area contributed by atoms with Gasteiger partial charge in [0.05, 0.1) is 13.2 Å².